The smallest absolute Gasteiger partial charge is 0.360 e. The molecule has 1 aromatic carbocycles. The van der Waals surface area contributed by atoms with Crippen molar-refractivity contribution < 1.29 is 19.2 Å². The van der Waals surface area contributed by atoms with E-state index in [4.69, 9.17) is 14.4 Å². The average Bonchev–Trinajstić information content (AvgIpc) is 3.31. The molecule has 1 aliphatic carbocycles. The lowest BCUT2D eigenvalue weighted by Gasteiger charge is -2.12. The van der Waals surface area contributed by atoms with Gasteiger partial charge in [-0.05, 0) is 35.9 Å². The number of benzene rings is 1. The quantitative estimate of drug-likeness (QED) is 0.425. The molecule has 1 unspecified atom stereocenters. The van der Waals surface area contributed by atoms with E-state index in [-0.39, 0.29) is 12.3 Å². The molecule has 1 aromatic heterocycles. The number of rotatable bonds is 8. The van der Waals surface area contributed by atoms with E-state index in [1.54, 1.807) is 17.4 Å². The Hall–Kier alpha value is -2.64. The van der Waals surface area contributed by atoms with Gasteiger partial charge in [-0.1, -0.05) is 35.5 Å². The summed E-state index contributed by atoms with van der Waals surface area (Å²) in [6, 6.07) is 11.6. The van der Waals surface area contributed by atoms with Gasteiger partial charge in [0.15, 0.2) is 5.71 Å². The maximum absolute atomic E-state index is 12.0. The highest BCUT2D eigenvalue weighted by molar-refractivity contribution is 7.10. The molecule has 0 radical (unpaired) electrons. The van der Waals surface area contributed by atoms with Gasteiger partial charge in [-0.25, -0.2) is 4.79 Å². The van der Waals surface area contributed by atoms with Crippen molar-refractivity contribution in [2.75, 3.05) is 14.2 Å². The van der Waals surface area contributed by atoms with Crippen LogP contribution in [-0.4, -0.2) is 25.9 Å². The van der Waals surface area contributed by atoms with Gasteiger partial charge in [-0.2, -0.15) is 0 Å². The first kappa shape index (κ1) is 19.1. The number of nitrogens with zero attached hydrogens (tertiary/aromatic N) is 1. The Morgan fingerprint density at radius 1 is 1.26 bits per heavy atom. The highest BCUT2D eigenvalue weighted by Gasteiger charge is 2.34. The number of esters is 1. The van der Waals surface area contributed by atoms with Crippen LogP contribution >= 0.6 is 11.3 Å². The molecule has 1 N–H and O–H groups in total. The number of ether oxygens (including phenoxy) is 1. The Labute approximate surface area is 162 Å². The molecule has 3 rings (SSSR count). The minimum atomic E-state index is -0.563. The zero-order valence-electron chi connectivity index (χ0n) is 15.5. The van der Waals surface area contributed by atoms with Gasteiger partial charge in [-0.15, -0.1) is 11.3 Å². The van der Waals surface area contributed by atoms with E-state index in [0.29, 0.717) is 11.5 Å². The molecule has 1 aliphatic rings. The molecule has 0 saturated heterocycles. The van der Waals surface area contributed by atoms with Crippen molar-refractivity contribution in [3.05, 3.63) is 69.1 Å². The van der Waals surface area contributed by atoms with Crippen molar-refractivity contribution in [2.24, 2.45) is 5.16 Å². The van der Waals surface area contributed by atoms with Crippen molar-refractivity contribution in [2.45, 2.75) is 25.9 Å². The lowest BCUT2D eigenvalue weighted by atomic mass is 10.0. The Morgan fingerprint density at radius 3 is 2.78 bits per heavy atom. The zero-order valence-corrected chi connectivity index (χ0v) is 16.3. The van der Waals surface area contributed by atoms with Crippen molar-refractivity contribution >= 4 is 23.0 Å². The summed E-state index contributed by atoms with van der Waals surface area (Å²) in [7, 11) is 2.70. The summed E-state index contributed by atoms with van der Waals surface area (Å²) in [6.07, 6.45) is 1.06. The molecular weight excluding hydrogens is 364 g/mol. The molecule has 1 atom stereocenters. The van der Waals surface area contributed by atoms with Gasteiger partial charge in [0.1, 0.15) is 13.7 Å². The molecule has 0 amide bonds. The van der Waals surface area contributed by atoms with E-state index in [1.807, 2.05) is 25.1 Å². The zero-order chi connectivity index (χ0) is 19.2. The third-order valence-corrected chi connectivity index (χ3v) is 5.33. The van der Waals surface area contributed by atoms with Gasteiger partial charge in [0.25, 0.3) is 0 Å². The third-order valence-electron chi connectivity index (χ3n) is 4.34. The van der Waals surface area contributed by atoms with Crippen LogP contribution in [0.4, 0.5) is 0 Å². The van der Waals surface area contributed by atoms with Gasteiger partial charge in [0.2, 0.25) is 0 Å². The normalized spacial score (nSPS) is 18.0. The standard InChI is InChI=1S/C20H22N2O4S/c1-13(16-11-17(16)18-9-6-10-27-18)21-26-12-14-7-4-5-8-15(14)19(22-25-3)20(23)24-2/h4-10,17,21H,11-12H2,1-3H3. The Morgan fingerprint density at radius 2 is 2.07 bits per heavy atom. The number of thiophene rings is 1. The van der Waals surface area contributed by atoms with Crippen LogP contribution in [0.2, 0.25) is 0 Å². The van der Waals surface area contributed by atoms with Gasteiger partial charge in [0, 0.05) is 22.1 Å². The van der Waals surface area contributed by atoms with E-state index in [1.165, 1.54) is 24.7 Å². The number of carbonyl (C=O) groups is 1. The lowest BCUT2D eigenvalue weighted by Crippen LogP contribution is -2.20. The molecule has 2 aromatic rings. The third kappa shape index (κ3) is 4.56. The Balaban J connectivity index is 1.65. The molecule has 0 bridgehead atoms. The number of allylic oxidation sites excluding steroid dienone is 2. The van der Waals surface area contributed by atoms with Crippen LogP contribution in [0, 0.1) is 0 Å². The maximum Gasteiger partial charge on any atom is 0.360 e. The second kappa shape index (κ2) is 8.83. The molecule has 6 nitrogen and oxygen atoms in total. The minimum absolute atomic E-state index is 0.106. The molecule has 142 valence electrons. The fourth-order valence-electron chi connectivity index (χ4n) is 2.89. The summed E-state index contributed by atoms with van der Waals surface area (Å²) in [4.78, 5) is 23.8. The first-order valence-corrected chi connectivity index (χ1v) is 9.42. The minimum Gasteiger partial charge on any atom is -0.464 e. The number of methoxy groups -OCH3 is 1. The molecule has 1 heterocycles. The number of oxime groups is 1. The van der Waals surface area contributed by atoms with Crippen LogP contribution in [0.3, 0.4) is 0 Å². The first-order chi connectivity index (χ1) is 13.2. The molecule has 0 aliphatic heterocycles. The summed E-state index contributed by atoms with van der Waals surface area (Å²) in [5.74, 6) is -0.0551. The molecule has 27 heavy (non-hydrogen) atoms. The molecule has 0 spiro atoms. The van der Waals surface area contributed by atoms with Gasteiger partial charge in [0.05, 0.1) is 7.11 Å². The van der Waals surface area contributed by atoms with Crippen molar-refractivity contribution in [3.63, 3.8) is 0 Å². The number of hydroxylamine groups is 1. The monoisotopic (exact) mass is 386 g/mol. The summed E-state index contributed by atoms with van der Waals surface area (Å²) in [5, 5.41) is 5.90. The molecular formula is C20H22N2O4S. The predicted molar refractivity (Wildman–Crippen MR) is 104 cm³/mol. The van der Waals surface area contributed by atoms with Crippen LogP contribution in [-0.2, 0) is 25.8 Å². The average molecular weight is 386 g/mol. The largest absolute Gasteiger partial charge is 0.464 e. The number of carbonyl (C=O) groups excluding carboxylic acids is 1. The molecule has 1 saturated carbocycles. The summed E-state index contributed by atoms with van der Waals surface area (Å²) in [6.45, 7) is 2.28. The number of hydrogen-bond acceptors (Lipinski definition) is 7. The number of nitrogens with one attached hydrogen (secondary N) is 1. The summed E-state index contributed by atoms with van der Waals surface area (Å²) < 4.78 is 4.79. The van der Waals surface area contributed by atoms with Crippen LogP contribution in [0.1, 0.15) is 35.3 Å². The maximum atomic E-state index is 12.0. The fourth-order valence-corrected chi connectivity index (χ4v) is 3.75. The Bertz CT molecular complexity index is 859. The van der Waals surface area contributed by atoms with Crippen molar-refractivity contribution in [3.8, 4) is 0 Å². The highest BCUT2D eigenvalue weighted by atomic mass is 32.1. The second-order valence-electron chi connectivity index (χ2n) is 6.08. The fraction of sp³-hybridized carbons (Fsp3) is 0.300. The van der Waals surface area contributed by atoms with E-state index >= 15 is 0 Å². The molecule has 7 heteroatoms. The van der Waals surface area contributed by atoms with Crippen LogP contribution in [0.15, 0.2) is 58.2 Å². The van der Waals surface area contributed by atoms with E-state index in [9.17, 15) is 4.79 Å². The highest BCUT2D eigenvalue weighted by Crippen LogP contribution is 2.49. The first-order valence-electron chi connectivity index (χ1n) is 8.54. The second-order valence-corrected chi connectivity index (χ2v) is 7.06. The van der Waals surface area contributed by atoms with E-state index < -0.39 is 5.97 Å². The van der Waals surface area contributed by atoms with Gasteiger partial charge >= 0.3 is 5.97 Å². The van der Waals surface area contributed by atoms with Crippen LogP contribution in [0.5, 0.6) is 0 Å². The number of hydrogen-bond donors (Lipinski definition) is 1. The van der Waals surface area contributed by atoms with Crippen LogP contribution in [0.25, 0.3) is 0 Å². The SMILES string of the molecule is CON=C(C(=O)OC)c1ccccc1CONC(C)=C1CC1c1cccs1. The van der Waals surface area contributed by atoms with Gasteiger partial charge < -0.3 is 9.57 Å². The van der Waals surface area contributed by atoms with E-state index in [0.717, 1.165) is 17.7 Å². The van der Waals surface area contributed by atoms with E-state index in [2.05, 4.69) is 28.1 Å². The van der Waals surface area contributed by atoms with Crippen molar-refractivity contribution in [1.29, 1.82) is 0 Å². The predicted octanol–water partition coefficient (Wildman–Crippen LogP) is 3.75. The molecule has 1 fully saturated rings. The van der Waals surface area contributed by atoms with Crippen LogP contribution < -0.4 is 5.48 Å². The topological polar surface area (TPSA) is 69.2 Å². The van der Waals surface area contributed by atoms with Gasteiger partial charge in [-0.3, -0.25) is 10.3 Å². The summed E-state index contributed by atoms with van der Waals surface area (Å²) in [5.41, 5.74) is 6.94. The lowest BCUT2D eigenvalue weighted by molar-refractivity contribution is -0.132. The van der Waals surface area contributed by atoms with Crippen molar-refractivity contribution in [1.82, 2.24) is 5.48 Å². The summed E-state index contributed by atoms with van der Waals surface area (Å²) >= 11 is 1.78. The Kier molecular flexibility index (Phi) is 6.26.